The van der Waals surface area contributed by atoms with Crippen molar-refractivity contribution in [2.24, 2.45) is 5.10 Å². The lowest BCUT2D eigenvalue weighted by Crippen LogP contribution is -2.32. The van der Waals surface area contributed by atoms with Gasteiger partial charge in [0.2, 0.25) is 0 Å². The molecule has 146 valence electrons. The van der Waals surface area contributed by atoms with Crippen molar-refractivity contribution in [3.05, 3.63) is 95.6 Å². The molecule has 6 nitrogen and oxygen atoms in total. The van der Waals surface area contributed by atoms with E-state index in [1.807, 2.05) is 67.6 Å². The van der Waals surface area contributed by atoms with Gasteiger partial charge in [-0.15, -0.1) is 0 Å². The topological polar surface area (TPSA) is 79.8 Å². The fourth-order valence-corrected chi connectivity index (χ4v) is 2.58. The van der Waals surface area contributed by atoms with Crippen molar-refractivity contribution in [1.29, 1.82) is 0 Å². The summed E-state index contributed by atoms with van der Waals surface area (Å²) in [6.45, 7) is 2.31. The van der Waals surface area contributed by atoms with E-state index in [2.05, 4.69) is 15.8 Å². The van der Waals surface area contributed by atoms with Crippen LogP contribution in [0.25, 0.3) is 0 Å². The molecule has 29 heavy (non-hydrogen) atoms. The number of rotatable bonds is 6. The fourth-order valence-electron chi connectivity index (χ4n) is 2.58. The summed E-state index contributed by atoms with van der Waals surface area (Å²) in [5, 5.41) is 6.40. The molecule has 3 aromatic carbocycles. The molecule has 0 saturated heterocycles. The van der Waals surface area contributed by atoms with Crippen LogP contribution in [0.2, 0.25) is 0 Å². The highest BCUT2D eigenvalue weighted by atomic mass is 16.5. The molecule has 0 spiro atoms. The quantitative estimate of drug-likeness (QED) is 0.385. The fraction of sp³-hybridized carbons (Fsp3) is 0.0870. The molecule has 3 rings (SSSR count). The van der Waals surface area contributed by atoms with E-state index in [0.717, 1.165) is 11.1 Å². The van der Waals surface area contributed by atoms with Crippen LogP contribution in [-0.2, 0) is 16.2 Å². The minimum Gasteiger partial charge on any atom is -0.488 e. The first-order valence-electron chi connectivity index (χ1n) is 9.08. The molecule has 2 amide bonds. The van der Waals surface area contributed by atoms with E-state index in [4.69, 9.17) is 4.74 Å². The monoisotopic (exact) mass is 387 g/mol. The Morgan fingerprint density at radius 1 is 0.931 bits per heavy atom. The van der Waals surface area contributed by atoms with Crippen molar-refractivity contribution in [2.75, 3.05) is 5.32 Å². The first-order chi connectivity index (χ1) is 14.1. The molecule has 0 aromatic heterocycles. The molecule has 0 atom stereocenters. The summed E-state index contributed by atoms with van der Waals surface area (Å²) in [6, 6.07) is 24.3. The first-order valence-corrected chi connectivity index (χ1v) is 9.08. The van der Waals surface area contributed by atoms with Gasteiger partial charge in [0.25, 0.3) is 0 Å². The van der Waals surface area contributed by atoms with Crippen LogP contribution < -0.4 is 15.5 Å². The Balaban J connectivity index is 1.57. The van der Waals surface area contributed by atoms with Gasteiger partial charge in [0.05, 0.1) is 6.21 Å². The second kappa shape index (κ2) is 9.85. The van der Waals surface area contributed by atoms with E-state index in [-0.39, 0.29) is 0 Å². The van der Waals surface area contributed by atoms with E-state index in [0.29, 0.717) is 23.6 Å². The van der Waals surface area contributed by atoms with Gasteiger partial charge in [-0.1, -0.05) is 54.6 Å². The van der Waals surface area contributed by atoms with Gasteiger partial charge >= 0.3 is 11.8 Å². The molecule has 0 heterocycles. The van der Waals surface area contributed by atoms with E-state index in [9.17, 15) is 9.59 Å². The number of nitrogens with one attached hydrogen (secondary N) is 2. The molecule has 2 N–H and O–H groups in total. The molecule has 3 aromatic rings. The molecule has 0 fully saturated rings. The number of ether oxygens (including phenoxy) is 1. The molecule has 0 radical (unpaired) electrons. The minimum atomic E-state index is -0.856. The Hall–Kier alpha value is -3.93. The number of hydrogen-bond acceptors (Lipinski definition) is 4. The molecule has 6 heteroatoms. The van der Waals surface area contributed by atoms with Crippen LogP contribution in [0.4, 0.5) is 5.69 Å². The van der Waals surface area contributed by atoms with Gasteiger partial charge in [0, 0.05) is 11.3 Å². The van der Waals surface area contributed by atoms with Gasteiger partial charge in [0.15, 0.2) is 0 Å². The molecular weight excluding hydrogens is 366 g/mol. The van der Waals surface area contributed by atoms with Gasteiger partial charge in [-0.05, 0) is 42.3 Å². The van der Waals surface area contributed by atoms with Crippen molar-refractivity contribution in [3.63, 3.8) is 0 Å². The Bertz CT molecular complexity index is 1020. The number of aryl methyl sites for hydroxylation is 1. The number of para-hydroxylation sites is 1. The Morgan fingerprint density at radius 2 is 1.69 bits per heavy atom. The molecular formula is C23H21N3O3. The van der Waals surface area contributed by atoms with Gasteiger partial charge in [0.1, 0.15) is 12.4 Å². The summed E-state index contributed by atoms with van der Waals surface area (Å²) in [5.74, 6) is -1.02. The zero-order chi connectivity index (χ0) is 20.5. The van der Waals surface area contributed by atoms with Crippen molar-refractivity contribution in [2.45, 2.75) is 13.5 Å². The predicted molar refractivity (Wildman–Crippen MR) is 113 cm³/mol. The largest absolute Gasteiger partial charge is 0.488 e. The average molecular weight is 387 g/mol. The average Bonchev–Trinajstić information content (AvgIpc) is 2.73. The van der Waals surface area contributed by atoms with Crippen LogP contribution in [0.15, 0.2) is 84.0 Å². The number of amides is 2. The molecule has 0 aliphatic rings. The molecule has 0 aliphatic carbocycles. The summed E-state index contributed by atoms with van der Waals surface area (Å²) in [7, 11) is 0. The summed E-state index contributed by atoms with van der Waals surface area (Å²) in [5.41, 5.74) is 5.48. The van der Waals surface area contributed by atoms with Crippen molar-refractivity contribution in [1.82, 2.24) is 5.43 Å². The van der Waals surface area contributed by atoms with Gasteiger partial charge in [-0.3, -0.25) is 9.59 Å². The normalized spacial score (nSPS) is 10.5. The van der Waals surface area contributed by atoms with E-state index >= 15 is 0 Å². The second-order valence-electron chi connectivity index (χ2n) is 6.33. The maximum Gasteiger partial charge on any atom is 0.329 e. The van der Waals surface area contributed by atoms with Crippen LogP contribution in [0, 0.1) is 6.92 Å². The zero-order valence-electron chi connectivity index (χ0n) is 16.0. The van der Waals surface area contributed by atoms with E-state index in [1.165, 1.54) is 6.21 Å². The first kappa shape index (κ1) is 19.8. The van der Waals surface area contributed by atoms with E-state index in [1.54, 1.807) is 18.2 Å². The number of benzene rings is 3. The highest BCUT2D eigenvalue weighted by Crippen LogP contribution is 2.17. The highest BCUT2D eigenvalue weighted by molar-refractivity contribution is 6.39. The van der Waals surface area contributed by atoms with E-state index < -0.39 is 11.8 Å². The number of hydrogen-bond donors (Lipinski definition) is 2. The summed E-state index contributed by atoms with van der Waals surface area (Å²) in [4.78, 5) is 23.9. The maximum atomic E-state index is 12.0. The van der Waals surface area contributed by atoms with Crippen molar-refractivity contribution in [3.8, 4) is 5.75 Å². The van der Waals surface area contributed by atoms with Crippen LogP contribution in [-0.4, -0.2) is 18.0 Å². The highest BCUT2D eigenvalue weighted by Gasteiger charge is 2.12. The third kappa shape index (κ3) is 6.04. The third-order valence-corrected chi connectivity index (χ3v) is 4.01. The standard InChI is InChI=1S/C23H21N3O3/c1-17-8-7-12-20(14-17)25-22(27)23(28)26-24-15-19-11-5-6-13-21(19)29-16-18-9-3-2-4-10-18/h2-15H,16H2,1H3,(H,25,27)(H,26,28)/b24-15+. The summed E-state index contributed by atoms with van der Waals surface area (Å²) >= 11 is 0. The van der Waals surface area contributed by atoms with Crippen molar-refractivity contribution < 1.29 is 14.3 Å². The number of hydrazone groups is 1. The minimum absolute atomic E-state index is 0.414. The lowest BCUT2D eigenvalue weighted by Gasteiger charge is -2.09. The van der Waals surface area contributed by atoms with Gasteiger partial charge in [-0.25, -0.2) is 5.43 Å². The molecule has 0 aliphatic heterocycles. The number of carbonyl (C=O) groups is 2. The van der Waals surface area contributed by atoms with Crippen LogP contribution in [0.5, 0.6) is 5.75 Å². The number of nitrogens with zero attached hydrogens (tertiary/aromatic N) is 1. The Morgan fingerprint density at radius 3 is 2.48 bits per heavy atom. The maximum absolute atomic E-state index is 12.0. The SMILES string of the molecule is Cc1cccc(NC(=O)C(=O)N/N=C/c2ccccc2OCc2ccccc2)c1. The van der Waals surface area contributed by atoms with Gasteiger partial charge < -0.3 is 10.1 Å². The molecule has 0 bridgehead atoms. The van der Waals surface area contributed by atoms with Crippen LogP contribution in [0.1, 0.15) is 16.7 Å². The second-order valence-corrected chi connectivity index (χ2v) is 6.33. The summed E-state index contributed by atoms with van der Waals surface area (Å²) in [6.07, 6.45) is 1.44. The molecule has 0 unspecified atom stereocenters. The summed E-state index contributed by atoms with van der Waals surface area (Å²) < 4.78 is 5.84. The lowest BCUT2D eigenvalue weighted by atomic mass is 10.2. The number of anilines is 1. The Kier molecular flexibility index (Phi) is 6.73. The van der Waals surface area contributed by atoms with Gasteiger partial charge in [-0.2, -0.15) is 5.10 Å². The predicted octanol–water partition coefficient (Wildman–Crippen LogP) is 3.66. The van der Waals surface area contributed by atoms with Crippen LogP contribution in [0.3, 0.4) is 0 Å². The molecule has 0 saturated carbocycles. The lowest BCUT2D eigenvalue weighted by molar-refractivity contribution is -0.136. The number of carbonyl (C=O) groups excluding carboxylic acids is 2. The third-order valence-electron chi connectivity index (χ3n) is 4.01. The van der Waals surface area contributed by atoms with Crippen molar-refractivity contribution >= 4 is 23.7 Å². The Labute approximate surface area is 169 Å². The zero-order valence-corrected chi connectivity index (χ0v) is 16.0. The van der Waals surface area contributed by atoms with Crippen LogP contribution >= 0.6 is 0 Å². The smallest absolute Gasteiger partial charge is 0.329 e.